The molecule has 0 atom stereocenters. The Balaban J connectivity index is 1.71. The predicted molar refractivity (Wildman–Crippen MR) is 117 cm³/mol. The number of aliphatic hydroxyl groups is 1. The van der Waals surface area contributed by atoms with Crippen LogP contribution in [0.5, 0.6) is 0 Å². The molecule has 2 aromatic heterocycles. The molecule has 0 bridgehead atoms. The van der Waals surface area contributed by atoms with Gasteiger partial charge >= 0.3 is 0 Å². The fourth-order valence-corrected chi connectivity index (χ4v) is 3.85. The van der Waals surface area contributed by atoms with Crippen molar-refractivity contribution in [3.05, 3.63) is 58.6 Å². The second kappa shape index (κ2) is 8.78. The smallest absolute Gasteiger partial charge is 0.264 e. The van der Waals surface area contributed by atoms with Crippen molar-refractivity contribution in [2.24, 2.45) is 0 Å². The number of hydrogen-bond acceptors (Lipinski definition) is 6. The number of amides is 1. The number of aromatic nitrogens is 3. The summed E-state index contributed by atoms with van der Waals surface area (Å²) < 4.78 is 27.5. The van der Waals surface area contributed by atoms with Crippen LogP contribution in [-0.4, -0.2) is 39.1 Å². The highest BCUT2D eigenvalue weighted by Crippen LogP contribution is 2.33. The molecule has 10 heteroatoms. The second-order valence-corrected chi connectivity index (χ2v) is 8.01. The van der Waals surface area contributed by atoms with Crippen LogP contribution >= 0.6 is 11.3 Å². The minimum absolute atomic E-state index is 0.110. The van der Waals surface area contributed by atoms with E-state index in [0.29, 0.717) is 27.4 Å². The first-order valence-corrected chi connectivity index (χ1v) is 10.3. The number of aliphatic hydroxyl groups excluding tert-OH is 1. The quantitative estimate of drug-likeness (QED) is 0.335. The molecule has 31 heavy (non-hydrogen) atoms. The predicted octanol–water partition coefficient (Wildman–Crippen LogP) is 4.59. The largest absolute Gasteiger partial charge is 0.395 e. The minimum Gasteiger partial charge on any atom is -0.395 e. The molecule has 0 spiro atoms. The van der Waals surface area contributed by atoms with E-state index in [2.05, 4.69) is 25.6 Å². The second-order valence-electron chi connectivity index (χ2n) is 6.77. The number of fused-ring (bicyclic) bond motifs is 1. The van der Waals surface area contributed by atoms with Crippen molar-refractivity contribution in [3.8, 4) is 11.4 Å². The number of aromatic amines is 1. The molecule has 0 aliphatic heterocycles. The lowest BCUT2D eigenvalue weighted by Crippen LogP contribution is -2.12. The van der Waals surface area contributed by atoms with E-state index in [1.165, 1.54) is 23.5 Å². The highest BCUT2D eigenvalue weighted by molar-refractivity contribution is 7.15. The molecule has 2 aromatic carbocycles. The molecule has 4 N–H and O–H groups in total. The third-order valence-electron chi connectivity index (χ3n) is 4.58. The number of benzene rings is 2. The maximum Gasteiger partial charge on any atom is 0.264 e. The molecule has 0 saturated carbocycles. The van der Waals surface area contributed by atoms with Crippen LogP contribution in [0.15, 0.2) is 42.6 Å². The number of imidazole rings is 1. The van der Waals surface area contributed by atoms with Crippen LogP contribution in [0.3, 0.4) is 0 Å². The summed E-state index contributed by atoms with van der Waals surface area (Å²) in [5.74, 6) is -0.139. The first-order chi connectivity index (χ1) is 15.0. The van der Waals surface area contributed by atoms with Crippen molar-refractivity contribution < 1.29 is 18.7 Å². The van der Waals surface area contributed by atoms with E-state index >= 15 is 0 Å². The van der Waals surface area contributed by atoms with Crippen molar-refractivity contribution in [2.75, 3.05) is 23.8 Å². The number of aryl methyl sites for hydroxylation is 1. The number of hydrogen-bond donors (Lipinski definition) is 4. The number of rotatable bonds is 7. The van der Waals surface area contributed by atoms with Crippen molar-refractivity contribution in [3.63, 3.8) is 0 Å². The molecule has 0 radical (unpaired) electrons. The van der Waals surface area contributed by atoms with Gasteiger partial charge in [-0.15, -0.1) is 11.3 Å². The topological polar surface area (TPSA) is 103 Å². The van der Waals surface area contributed by atoms with Crippen molar-refractivity contribution >= 4 is 39.1 Å². The van der Waals surface area contributed by atoms with Crippen molar-refractivity contribution in [1.82, 2.24) is 15.0 Å². The Labute approximate surface area is 180 Å². The lowest BCUT2D eigenvalue weighted by Gasteiger charge is -2.11. The zero-order valence-electron chi connectivity index (χ0n) is 16.4. The molecular weight excluding hydrogens is 424 g/mol. The highest BCUT2D eigenvalue weighted by Gasteiger charge is 2.20. The van der Waals surface area contributed by atoms with Gasteiger partial charge in [0.1, 0.15) is 11.3 Å². The number of carbonyl (C=O) groups excluding carboxylic acids is 1. The van der Waals surface area contributed by atoms with Gasteiger partial charge in [0.15, 0.2) is 5.13 Å². The summed E-state index contributed by atoms with van der Waals surface area (Å²) in [7, 11) is 0. The summed E-state index contributed by atoms with van der Waals surface area (Å²) in [5, 5.41) is 15.0. The average Bonchev–Trinajstić information content (AvgIpc) is 3.37. The van der Waals surface area contributed by atoms with Crippen LogP contribution in [0.1, 0.15) is 27.2 Å². The zero-order chi connectivity index (χ0) is 22.0. The van der Waals surface area contributed by atoms with Gasteiger partial charge in [0, 0.05) is 34.4 Å². The molecule has 0 aliphatic carbocycles. The van der Waals surface area contributed by atoms with Crippen LogP contribution in [0.4, 0.5) is 19.6 Å². The fourth-order valence-electron chi connectivity index (χ4n) is 3.19. The number of carbonyl (C=O) groups is 1. The van der Waals surface area contributed by atoms with Gasteiger partial charge in [-0.2, -0.15) is 0 Å². The lowest BCUT2D eigenvalue weighted by atomic mass is 10.1. The third-order valence-corrected chi connectivity index (χ3v) is 5.41. The van der Waals surface area contributed by atoms with Gasteiger partial charge in [-0.05, 0) is 37.3 Å². The Morgan fingerprint density at radius 1 is 1.29 bits per heavy atom. The number of para-hydroxylation sites is 1. The molecule has 0 saturated heterocycles. The molecule has 4 rings (SSSR count). The summed E-state index contributed by atoms with van der Waals surface area (Å²) in [6.07, 6.45) is -1.06. The number of halogens is 2. The van der Waals surface area contributed by atoms with E-state index in [1.807, 2.05) is 6.92 Å². The van der Waals surface area contributed by atoms with Gasteiger partial charge < -0.3 is 15.4 Å². The molecular formula is C21H19F2N5O2S. The monoisotopic (exact) mass is 443 g/mol. The van der Waals surface area contributed by atoms with E-state index in [0.717, 1.165) is 4.88 Å². The van der Waals surface area contributed by atoms with Crippen LogP contribution in [-0.2, 0) is 0 Å². The Kier molecular flexibility index (Phi) is 5.92. The zero-order valence-corrected chi connectivity index (χ0v) is 17.3. The average molecular weight is 443 g/mol. The van der Waals surface area contributed by atoms with Gasteiger partial charge in [-0.3, -0.25) is 10.1 Å². The third kappa shape index (κ3) is 4.39. The SMILES string of the molecule is Cc1cnc(NC(=O)c2cccc3[nH]c(-c4ccc(NCCO)cc4C(F)F)nc23)s1. The van der Waals surface area contributed by atoms with E-state index in [-0.39, 0.29) is 36.0 Å². The van der Waals surface area contributed by atoms with Gasteiger partial charge in [-0.1, -0.05) is 6.07 Å². The maximum atomic E-state index is 13.7. The van der Waals surface area contributed by atoms with E-state index in [4.69, 9.17) is 5.11 Å². The van der Waals surface area contributed by atoms with Crippen molar-refractivity contribution in [1.29, 1.82) is 0 Å². The number of anilines is 2. The van der Waals surface area contributed by atoms with E-state index in [9.17, 15) is 13.6 Å². The Morgan fingerprint density at radius 3 is 2.84 bits per heavy atom. The molecule has 4 aromatic rings. The first kappa shape index (κ1) is 20.9. The first-order valence-electron chi connectivity index (χ1n) is 9.46. The van der Waals surface area contributed by atoms with E-state index in [1.54, 1.807) is 30.5 Å². The number of nitrogens with one attached hydrogen (secondary N) is 3. The van der Waals surface area contributed by atoms with E-state index < -0.39 is 6.43 Å². The summed E-state index contributed by atoms with van der Waals surface area (Å²) >= 11 is 1.35. The van der Waals surface area contributed by atoms with Gasteiger partial charge in [-0.25, -0.2) is 18.7 Å². The van der Waals surface area contributed by atoms with Crippen LogP contribution < -0.4 is 10.6 Å². The molecule has 0 aliphatic rings. The summed E-state index contributed by atoms with van der Waals surface area (Å²) in [6.45, 7) is 2.03. The van der Waals surface area contributed by atoms with Gasteiger partial charge in [0.05, 0.1) is 17.7 Å². The molecule has 0 fully saturated rings. The minimum atomic E-state index is -2.73. The normalized spacial score (nSPS) is 11.3. The molecule has 0 unspecified atom stereocenters. The van der Waals surface area contributed by atoms with Crippen LogP contribution in [0.25, 0.3) is 22.4 Å². The number of H-pyrrole nitrogens is 1. The molecule has 7 nitrogen and oxygen atoms in total. The summed E-state index contributed by atoms with van der Waals surface area (Å²) in [4.78, 5) is 25.3. The molecule has 1 amide bonds. The maximum absolute atomic E-state index is 13.7. The fraction of sp³-hybridized carbons (Fsp3) is 0.190. The number of nitrogens with zero attached hydrogens (tertiary/aromatic N) is 2. The summed E-state index contributed by atoms with van der Waals surface area (Å²) in [6, 6.07) is 9.57. The van der Waals surface area contributed by atoms with Crippen molar-refractivity contribution in [2.45, 2.75) is 13.3 Å². The number of alkyl halides is 2. The number of thiazole rings is 1. The Bertz CT molecular complexity index is 1240. The standard InChI is InChI=1S/C21H19F2N5O2S/c1-11-10-25-21(31-11)28-20(30)14-3-2-4-16-17(14)27-19(26-16)13-6-5-12(24-7-8-29)9-15(13)18(22)23/h2-6,9-10,18,24,29H,7-8H2,1H3,(H,26,27)(H,25,28,30). The lowest BCUT2D eigenvalue weighted by molar-refractivity contribution is 0.102. The van der Waals surface area contributed by atoms with Crippen LogP contribution in [0.2, 0.25) is 0 Å². The van der Waals surface area contributed by atoms with Gasteiger partial charge in [0.25, 0.3) is 12.3 Å². The molecule has 160 valence electrons. The molecule has 2 heterocycles. The van der Waals surface area contributed by atoms with Gasteiger partial charge in [0.2, 0.25) is 0 Å². The summed E-state index contributed by atoms with van der Waals surface area (Å²) in [5.41, 5.74) is 1.76. The Morgan fingerprint density at radius 2 is 2.13 bits per heavy atom. The van der Waals surface area contributed by atoms with Crippen LogP contribution in [0, 0.1) is 6.92 Å². The Hall–Kier alpha value is -3.37. The highest BCUT2D eigenvalue weighted by atomic mass is 32.1.